The van der Waals surface area contributed by atoms with Crippen molar-refractivity contribution in [1.82, 2.24) is 4.90 Å². The number of hydrogen-bond acceptors (Lipinski definition) is 2. The zero-order chi connectivity index (χ0) is 13.2. The molecule has 0 saturated carbocycles. The highest BCUT2D eigenvalue weighted by Gasteiger charge is 2.22. The van der Waals surface area contributed by atoms with E-state index in [4.69, 9.17) is 5.73 Å². The highest BCUT2D eigenvalue weighted by molar-refractivity contribution is 5.92. The van der Waals surface area contributed by atoms with Gasteiger partial charge in [0.15, 0.2) is 0 Å². The summed E-state index contributed by atoms with van der Waals surface area (Å²) in [4.78, 5) is 14.0. The number of fused-ring (bicyclic) bond motifs is 1. The van der Waals surface area contributed by atoms with Gasteiger partial charge in [-0.15, -0.1) is 0 Å². The fraction of sp³-hybridized carbons (Fsp3) is 0.133. The third kappa shape index (κ3) is 2.25. The van der Waals surface area contributed by atoms with Gasteiger partial charge in [-0.25, -0.2) is 4.79 Å². The molecule has 1 aliphatic heterocycles. The zero-order valence-electron chi connectivity index (χ0n) is 10.5. The summed E-state index contributed by atoms with van der Waals surface area (Å²) in [6.45, 7) is 1.30. The van der Waals surface area contributed by atoms with Crippen molar-refractivity contribution in [2.24, 2.45) is 0 Å². The molecule has 0 fully saturated rings. The van der Waals surface area contributed by atoms with E-state index < -0.39 is 0 Å². The summed E-state index contributed by atoms with van der Waals surface area (Å²) in [6.07, 6.45) is 0. The fourth-order valence-corrected chi connectivity index (χ4v) is 2.28. The molecule has 0 aliphatic carbocycles. The summed E-state index contributed by atoms with van der Waals surface area (Å²) in [6, 6.07) is 15.3. The fourth-order valence-electron chi connectivity index (χ4n) is 2.28. The third-order valence-corrected chi connectivity index (χ3v) is 3.33. The van der Waals surface area contributed by atoms with Crippen LogP contribution >= 0.6 is 0 Å². The molecule has 96 valence electrons. The predicted molar refractivity (Wildman–Crippen MR) is 75.6 cm³/mol. The Bertz CT molecular complexity index is 599. The molecule has 3 rings (SSSR count). The lowest BCUT2D eigenvalue weighted by Crippen LogP contribution is -2.30. The van der Waals surface area contributed by atoms with E-state index in [9.17, 15) is 4.79 Å². The van der Waals surface area contributed by atoms with Gasteiger partial charge >= 0.3 is 6.03 Å². The minimum atomic E-state index is -0.117. The van der Waals surface area contributed by atoms with Crippen LogP contribution in [0.4, 0.5) is 16.2 Å². The van der Waals surface area contributed by atoms with Crippen molar-refractivity contribution in [3.05, 3.63) is 59.7 Å². The molecule has 1 heterocycles. The molecule has 0 aromatic heterocycles. The van der Waals surface area contributed by atoms with E-state index >= 15 is 0 Å². The first kappa shape index (κ1) is 11.6. The maximum atomic E-state index is 12.2. The van der Waals surface area contributed by atoms with Crippen LogP contribution in [-0.4, -0.2) is 10.9 Å². The third-order valence-electron chi connectivity index (χ3n) is 3.33. The molecule has 0 unspecified atom stereocenters. The number of anilines is 2. The molecule has 0 spiro atoms. The summed E-state index contributed by atoms with van der Waals surface area (Å²) < 4.78 is 0. The first-order valence-corrected chi connectivity index (χ1v) is 6.21. The Morgan fingerprint density at radius 3 is 2.21 bits per heavy atom. The average Bonchev–Trinajstić information content (AvgIpc) is 2.85. The molecule has 0 atom stereocenters. The van der Waals surface area contributed by atoms with Crippen LogP contribution in [-0.2, 0) is 13.1 Å². The number of urea groups is 1. The van der Waals surface area contributed by atoms with Crippen LogP contribution in [0.5, 0.6) is 0 Å². The Hall–Kier alpha value is -2.49. The molecule has 4 nitrogen and oxygen atoms in total. The lowest BCUT2D eigenvalue weighted by molar-refractivity contribution is 0.212. The lowest BCUT2D eigenvalue weighted by Gasteiger charge is -2.17. The van der Waals surface area contributed by atoms with Gasteiger partial charge in [0, 0.05) is 13.1 Å². The molecule has 1 aliphatic rings. The van der Waals surface area contributed by atoms with E-state index in [-0.39, 0.29) is 6.03 Å². The summed E-state index contributed by atoms with van der Waals surface area (Å²) in [5.41, 5.74) is 9.47. The van der Waals surface area contributed by atoms with Gasteiger partial charge in [0.1, 0.15) is 0 Å². The SMILES string of the molecule is Nc1ccccc1NC(=O)N1Cc2ccccc2C1. The maximum Gasteiger partial charge on any atom is 0.322 e. The zero-order valence-corrected chi connectivity index (χ0v) is 10.5. The summed E-state index contributed by atoms with van der Waals surface area (Å²) >= 11 is 0. The van der Waals surface area contributed by atoms with Gasteiger partial charge in [0.25, 0.3) is 0 Å². The standard InChI is InChI=1S/C15H15N3O/c16-13-7-3-4-8-14(13)17-15(19)18-9-11-5-1-2-6-12(11)10-18/h1-8H,9-10,16H2,(H,17,19). The molecular weight excluding hydrogens is 238 g/mol. The van der Waals surface area contributed by atoms with E-state index in [1.54, 1.807) is 17.0 Å². The van der Waals surface area contributed by atoms with Crippen molar-refractivity contribution in [2.75, 3.05) is 11.1 Å². The number of amides is 2. The second-order valence-corrected chi connectivity index (χ2v) is 4.64. The normalized spacial score (nSPS) is 13.2. The summed E-state index contributed by atoms with van der Waals surface area (Å²) in [7, 11) is 0. The largest absolute Gasteiger partial charge is 0.397 e. The van der Waals surface area contributed by atoms with Gasteiger partial charge in [-0.05, 0) is 23.3 Å². The molecule has 0 bridgehead atoms. The minimum absolute atomic E-state index is 0.117. The van der Waals surface area contributed by atoms with Gasteiger partial charge in [0.05, 0.1) is 11.4 Å². The van der Waals surface area contributed by atoms with E-state index in [2.05, 4.69) is 17.4 Å². The number of rotatable bonds is 1. The van der Waals surface area contributed by atoms with Crippen LogP contribution in [0.15, 0.2) is 48.5 Å². The first-order chi connectivity index (χ1) is 9.24. The van der Waals surface area contributed by atoms with Crippen molar-refractivity contribution in [1.29, 1.82) is 0 Å². The highest BCUT2D eigenvalue weighted by atomic mass is 16.2. The summed E-state index contributed by atoms with van der Waals surface area (Å²) in [5.74, 6) is 0. The topological polar surface area (TPSA) is 58.4 Å². The van der Waals surface area contributed by atoms with Crippen molar-refractivity contribution >= 4 is 17.4 Å². The van der Waals surface area contributed by atoms with Crippen LogP contribution in [0, 0.1) is 0 Å². The van der Waals surface area contributed by atoms with Crippen molar-refractivity contribution in [3.63, 3.8) is 0 Å². The number of nitrogens with zero attached hydrogens (tertiary/aromatic N) is 1. The number of hydrogen-bond donors (Lipinski definition) is 2. The number of carbonyl (C=O) groups excluding carboxylic acids is 1. The Morgan fingerprint density at radius 2 is 1.58 bits per heavy atom. The maximum absolute atomic E-state index is 12.2. The van der Waals surface area contributed by atoms with Gasteiger partial charge in [-0.3, -0.25) is 0 Å². The monoisotopic (exact) mass is 253 g/mol. The number of para-hydroxylation sites is 2. The van der Waals surface area contributed by atoms with Gasteiger partial charge in [-0.2, -0.15) is 0 Å². The number of nitrogens with two attached hydrogens (primary N) is 1. The van der Waals surface area contributed by atoms with Gasteiger partial charge < -0.3 is 16.0 Å². The molecule has 0 radical (unpaired) electrons. The molecule has 0 saturated heterocycles. The average molecular weight is 253 g/mol. The number of benzene rings is 2. The lowest BCUT2D eigenvalue weighted by atomic mass is 10.1. The summed E-state index contributed by atoms with van der Waals surface area (Å²) in [5, 5.41) is 2.85. The van der Waals surface area contributed by atoms with Crippen LogP contribution in [0.25, 0.3) is 0 Å². The molecule has 2 amide bonds. The number of carbonyl (C=O) groups is 1. The molecule has 19 heavy (non-hydrogen) atoms. The minimum Gasteiger partial charge on any atom is -0.397 e. The van der Waals surface area contributed by atoms with Gasteiger partial charge in [-0.1, -0.05) is 36.4 Å². The Balaban J connectivity index is 1.72. The second-order valence-electron chi connectivity index (χ2n) is 4.64. The Morgan fingerprint density at radius 1 is 1.00 bits per heavy atom. The molecule has 2 aromatic rings. The smallest absolute Gasteiger partial charge is 0.322 e. The van der Waals surface area contributed by atoms with E-state index in [1.807, 2.05) is 24.3 Å². The van der Waals surface area contributed by atoms with Crippen LogP contribution in [0.1, 0.15) is 11.1 Å². The Labute approximate surface area is 111 Å². The molecule has 3 N–H and O–H groups in total. The van der Waals surface area contributed by atoms with E-state index in [0.29, 0.717) is 24.5 Å². The predicted octanol–water partition coefficient (Wildman–Crippen LogP) is 2.82. The van der Waals surface area contributed by atoms with Gasteiger partial charge in [0.2, 0.25) is 0 Å². The van der Waals surface area contributed by atoms with Crippen molar-refractivity contribution in [3.8, 4) is 0 Å². The Kier molecular flexibility index (Phi) is 2.83. The first-order valence-electron chi connectivity index (χ1n) is 6.21. The highest BCUT2D eigenvalue weighted by Crippen LogP contribution is 2.24. The van der Waals surface area contributed by atoms with Crippen LogP contribution < -0.4 is 11.1 Å². The second kappa shape index (κ2) is 4.65. The molecule has 2 aromatic carbocycles. The van der Waals surface area contributed by atoms with Crippen molar-refractivity contribution < 1.29 is 4.79 Å². The molecule has 4 heteroatoms. The van der Waals surface area contributed by atoms with Crippen LogP contribution in [0.2, 0.25) is 0 Å². The van der Waals surface area contributed by atoms with E-state index in [0.717, 1.165) is 0 Å². The number of nitrogen functional groups attached to an aromatic ring is 1. The molecular formula is C15H15N3O. The van der Waals surface area contributed by atoms with Crippen molar-refractivity contribution in [2.45, 2.75) is 13.1 Å². The van der Waals surface area contributed by atoms with Crippen LogP contribution in [0.3, 0.4) is 0 Å². The number of nitrogens with one attached hydrogen (secondary N) is 1. The van der Waals surface area contributed by atoms with E-state index in [1.165, 1.54) is 11.1 Å². The quantitative estimate of drug-likeness (QED) is 0.768.